The predicted octanol–water partition coefficient (Wildman–Crippen LogP) is 3.39. The Morgan fingerprint density at radius 1 is 1.19 bits per heavy atom. The second-order valence-electron chi connectivity index (χ2n) is 6.79. The van der Waals surface area contributed by atoms with E-state index in [0.717, 1.165) is 25.1 Å². The van der Waals surface area contributed by atoms with Gasteiger partial charge in [0.2, 0.25) is 11.7 Å². The minimum absolute atomic E-state index is 0.149. The van der Waals surface area contributed by atoms with Crippen LogP contribution in [0.1, 0.15) is 52.8 Å². The fraction of sp³-hybridized carbons (Fsp3) is 0.286. The van der Waals surface area contributed by atoms with E-state index in [1.54, 1.807) is 0 Å². The monoisotopic (exact) mass is 362 g/mol. The summed E-state index contributed by atoms with van der Waals surface area (Å²) in [5, 5.41) is 10.3. The molecule has 1 aromatic heterocycles. The van der Waals surface area contributed by atoms with Gasteiger partial charge in [0.25, 0.3) is 5.91 Å². The van der Waals surface area contributed by atoms with Gasteiger partial charge in [0, 0.05) is 24.2 Å². The van der Waals surface area contributed by atoms with Crippen molar-refractivity contribution in [3.63, 3.8) is 0 Å². The van der Waals surface area contributed by atoms with Crippen molar-refractivity contribution in [3.8, 4) is 11.4 Å². The van der Waals surface area contributed by atoms with Crippen molar-refractivity contribution < 1.29 is 9.32 Å². The number of aromatic nitrogens is 2. The van der Waals surface area contributed by atoms with E-state index in [-0.39, 0.29) is 11.9 Å². The maximum Gasteiger partial charge on any atom is 0.251 e. The van der Waals surface area contributed by atoms with Crippen LogP contribution in [0.25, 0.3) is 11.4 Å². The highest BCUT2D eigenvalue weighted by molar-refractivity contribution is 5.94. The Bertz CT molecular complexity index is 963. The van der Waals surface area contributed by atoms with Crippen LogP contribution in [0.5, 0.6) is 0 Å². The number of benzene rings is 2. The van der Waals surface area contributed by atoms with Gasteiger partial charge in [-0.15, -0.1) is 0 Å². The normalized spacial score (nSPS) is 14.0. The number of amides is 1. The molecule has 1 amide bonds. The quantitative estimate of drug-likeness (QED) is 0.727. The highest BCUT2D eigenvalue weighted by Gasteiger charge is 2.19. The Morgan fingerprint density at radius 3 is 2.74 bits per heavy atom. The molecule has 4 rings (SSSR count). The van der Waals surface area contributed by atoms with Gasteiger partial charge in [-0.3, -0.25) is 4.79 Å². The van der Waals surface area contributed by atoms with Gasteiger partial charge in [0.05, 0.1) is 0 Å². The molecule has 27 heavy (non-hydrogen) atoms. The molecule has 1 atom stereocenters. The van der Waals surface area contributed by atoms with Crippen LogP contribution in [0.3, 0.4) is 0 Å². The van der Waals surface area contributed by atoms with Crippen molar-refractivity contribution in [3.05, 3.63) is 70.6 Å². The average Bonchev–Trinajstić information content (AvgIpc) is 3.37. The van der Waals surface area contributed by atoms with E-state index in [1.807, 2.05) is 37.3 Å². The SMILES string of the molecule is CCc1ccc(-c2noc(C(C)NC(=O)c3ccc4c(c3)CNC4)n2)cc1. The Hall–Kier alpha value is -2.99. The molecule has 2 heterocycles. The summed E-state index contributed by atoms with van der Waals surface area (Å²) in [4.78, 5) is 17.0. The smallest absolute Gasteiger partial charge is 0.251 e. The number of hydrogen-bond acceptors (Lipinski definition) is 5. The summed E-state index contributed by atoms with van der Waals surface area (Å²) in [6.07, 6.45) is 0.986. The number of rotatable bonds is 5. The Balaban J connectivity index is 1.46. The van der Waals surface area contributed by atoms with Gasteiger partial charge in [-0.05, 0) is 42.2 Å². The van der Waals surface area contributed by atoms with Gasteiger partial charge in [-0.2, -0.15) is 4.98 Å². The van der Waals surface area contributed by atoms with Crippen LogP contribution >= 0.6 is 0 Å². The largest absolute Gasteiger partial charge is 0.341 e. The van der Waals surface area contributed by atoms with Crippen molar-refractivity contribution >= 4 is 5.91 Å². The molecule has 138 valence electrons. The van der Waals surface area contributed by atoms with E-state index >= 15 is 0 Å². The van der Waals surface area contributed by atoms with Gasteiger partial charge in [0.15, 0.2) is 0 Å². The fourth-order valence-corrected chi connectivity index (χ4v) is 3.20. The molecule has 1 aliphatic rings. The van der Waals surface area contributed by atoms with Crippen molar-refractivity contribution in [2.24, 2.45) is 0 Å². The lowest BCUT2D eigenvalue weighted by atomic mass is 10.1. The van der Waals surface area contributed by atoms with Crippen LogP contribution in [0.2, 0.25) is 0 Å². The maximum absolute atomic E-state index is 12.6. The second-order valence-corrected chi connectivity index (χ2v) is 6.79. The molecule has 0 bridgehead atoms. The maximum atomic E-state index is 12.6. The number of nitrogens with zero attached hydrogens (tertiary/aromatic N) is 2. The molecule has 3 aromatic rings. The first-order valence-electron chi connectivity index (χ1n) is 9.20. The molecule has 1 aliphatic heterocycles. The zero-order valence-electron chi connectivity index (χ0n) is 15.5. The number of hydrogen-bond donors (Lipinski definition) is 2. The van der Waals surface area contributed by atoms with Crippen molar-refractivity contribution in [2.45, 2.75) is 39.4 Å². The van der Waals surface area contributed by atoms with Gasteiger partial charge in [-0.25, -0.2) is 0 Å². The van der Waals surface area contributed by atoms with E-state index in [1.165, 1.54) is 16.7 Å². The van der Waals surface area contributed by atoms with Gasteiger partial charge < -0.3 is 15.2 Å². The highest BCUT2D eigenvalue weighted by Crippen LogP contribution is 2.21. The minimum Gasteiger partial charge on any atom is -0.341 e. The summed E-state index contributed by atoms with van der Waals surface area (Å²) in [5.41, 5.74) is 5.21. The molecule has 2 aromatic carbocycles. The lowest BCUT2D eigenvalue weighted by Gasteiger charge is -2.10. The summed E-state index contributed by atoms with van der Waals surface area (Å²) in [6, 6.07) is 13.5. The summed E-state index contributed by atoms with van der Waals surface area (Å²) < 4.78 is 5.36. The molecule has 0 spiro atoms. The topological polar surface area (TPSA) is 80.0 Å². The van der Waals surface area contributed by atoms with Crippen LogP contribution in [-0.2, 0) is 19.5 Å². The summed E-state index contributed by atoms with van der Waals surface area (Å²) in [7, 11) is 0. The molecular weight excluding hydrogens is 340 g/mol. The third kappa shape index (κ3) is 3.61. The summed E-state index contributed by atoms with van der Waals surface area (Å²) in [5.74, 6) is 0.766. The summed E-state index contributed by atoms with van der Waals surface area (Å²) >= 11 is 0. The molecule has 0 saturated heterocycles. The van der Waals surface area contributed by atoms with Gasteiger partial charge >= 0.3 is 0 Å². The van der Waals surface area contributed by atoms with Gasteiger partial charge in [0.1, 0.15) is 6.04 Å². The second kappa shape index (κ2) is 7.32. The Kier molecular flexibility index (Phi) is 4.73. The summed E-state index contributed by atoms with van der Waals surface area (Å²) in [6.45, 7) is 5.61. The van der Waals surface area contributed by atoms with E-state index in [9.17, 15) is 4.79 Å². The molecule has 0 aliphatic carbocycles. The number of carbonyl (C=O) groups is 1. The standard InChI is InChI=1S/C21H22N4O2/c1-3-14-4-6-15(7-5-14)19-24-21(27-25-19)13(2)23-20(26)16-8-9-17-11-22-12-18(17)10-16/h4-10,13,22H,3,11-12H2,1-2H3,(H,23,26). The first-order valence-corrected chi connectivity index (χ1v) is 9.20. The Labute approximate surface area is 158 Å². The molecule has 1 unspecified atom stereocenters. The number of fused-ring (bicyclic) bond motifs is 1. The van der Waals surface area contributed by atoms with E-state index < -0.39 is 0 Å². The molecule has 0 fully saturated rings. The molecule has 0 radical (unpaired) electrons. The predicted molar refractivity (Wildman–Crippen MR) is 102 cm³/mol. The molecule has 2 N–H and O–H groups in total. The Morgan fingerprint density at radius 2 is 1.96 bits per heavy atom. The van der Waals surface area contributed by atoms with Crippen molar-refractivity contribution in [2.75, 3.05) is 0 Å². The molecule has 6 nitrogen and oxygen atoms in total. The van der Waals surface area contributed by atoms with Crippen LogP contribution in [0, 0.1) is 0 Å². The van der Waals surface area contributed by atoms with E-state index in [2.05, 4.69) is 39.8 Å². The lowest BCUT2D eigenvalue weighted by Crippen LogP contribution is -2.27. The van der Waals surface area contributed by atoms with Crippen LogP contribution in [0.4, 0.5) is 0 Å². The average molecular weight is 362 g/mol. The van der Waals surface area contributed by atoms with E-state index in [4.69, 9.17) is 4.52 Å². The van der Waals surface area contributed by atoms with Crippen LogP contribution in [0.15, 0.2) is 47.0 Å². The minimum atomic E-state index is -0.375. The lowest BCUT2D eigenvalue weighted by molar-refractivity contribution is 0.0932. The van der Waals surface area contributed by atoms with E-state index in [0.29, 0.717) is 17.3 Å². The van der Waals surface area contributed by atoms with Gasteiger partial charge in [-0.1, -0.05) is 42.4 Å². The zero-order chi connectivity index (χ0) is 18.8. The first-order chi connectivity index (χ1) is 13.1. The van der Waals surface area contributed by atoms with Crippen molar-refractivity contribution in [1.82, 2.24) is 20.8 Å². The fourth-order valence-electron chi connectivity index (χ4n) is 3.20. The highest BCUT2D eigenvalue weighted by atomic mass is 16.5. The first kappa shape index (κ1) is 17.4. The van der Waals surface area contributed by atoms with Crippen LogP contribution < -0.4 is 10.6 Å². The zero-order valence-corrected chi connectivity index (χ0v) is 15.5. The third-order valence-electron chi connectivity index (χ3n) is 4.88. The number of carbonyl (C=O) groups excluding carboxylic acids is 1. The molecule has 0 saturated carbocycles. The van der Waals surface area contributed by atoms with Crippen LogP contribution in [-0.4, -0.2) is 16.0 Å². The third-order valence-corrected chi connectivity index (χ3v) is 4.88. The number of nitrogens with one attached hydrogen (secondary N) is 2. The number of aryl methyl sites for hydroxylation is 1. The molecule has 6 heteroatoms. The van der Waals surface area contributed by atoms with Crippen molar-refractivity contribution in [1.29, 1.82) is 0 Å². The molecular formula is C21H22N4O2.